The number of allylic oxidation sites excluding steroid dienone is 1. The van der Waals surface area contributed by atoms with Gasteiger partial charge in [0.05, 0.1) is 14.2 Å². The Balaban J connectivity index is 1.59. The maximum atomic E-state index is 12.8. The highest BCUT2D eigenvalue weighted by molar-refractivity contribution is 5.99. The van der Waals surface area contributed by atoms with E-state index in [1.807, 2.05) is 12.3 Å². The van der Waals surface area contributed by atoms with Crippen molar-refractivity contribution < 1.29 is 27.3 Å². The fraction of sp³-hybridized carbons (Fsp3) is 0.545. The van der Waals surface area contributed by atoms with Crippen LogP contribution in [0.5, 0.6) is 11.5 Å². The summed E-state index contributed by atoms with van der Waals surface area (Å²) in [5.41, 5.74) is 0.401. The first-order valence-corrected chi connectivity index (χ1v) is 10.2. The number of halogens is 3. The summed E-state index contributed by atoms with van der Waals surface area (Å²) in [4.78, 5) is 2.38. The predicted octanol–water partition coefficient (Wildman–Crippen LogP) is 3.97. The summed E-state index contributed by atoms with van der Waals surface area (Å²) in [5, 5.41) is 3.69. The number of rotatable bonds is 4. The number of hydrogen-bond donors (Lipinski definition) is 0. The van der Waals surface area contributed by atoms with Gasteiger partial charge in [-0.3, -0.25) is 0 Å². The molecule has 0 spiro atoms. The first kappa shape index (κ1) is 20.9. The number of likely N-dealkylation sites (tertiary alicyclic amines) is 1. The maximum absolute atomic E-state index is 12.8. The minimum absolute atomic E-state index is 0.0138. The van der Waals surface area contributed by atoms with Gasteiger partial charge in [0.25, 0.3) is 0 Å². The lowest BCUT2D eigenvalue weighted by Crippen LogP contribution is -2.46. The Kier molecular flexibility index (Phi) is 5.38. The third-order valence-corrected chi connectivity index (χ3v) is 6.79. The maximum Gasteiger partial charge on any atom is 0.439 e. The molecule has 0 N–H and O–H groups in total. The first-order valence-electron chi connectivity index (χ1n) is 10.2. The molecule has 1 aromatic carbocycles. The summed E-state index contributed by atoms with van der Waals surface area (Å²) in [7, 11) is 5.40. The molecular weight excluding hydrogens is 395 g/mol. The van der Waals surface area contributed by atoms with E-state index in [0.717, 1.165) is 44.1 Å². The number of benzene rings is 1. The van der Waals surface area contributed by atoms with Gasteiger partial charge >= 0.3 is 6.18 Å². The summed E-state index contributed by atoms with van der Waals surface area (Å²) >= 11 is 0. The van der Waals surface area contributed by atoms with Crippen molar-refractivity contribution in [3.8, 4) is 11.5 Å². The van der Waals surface area contributed by atoms with Crippen LogP contribution in [0.2, 0.25) is 0 Å². The topological polar surface area (TPSA) is 37.1 Å². The van der Waals surface area contributed by atoms with E-state index < -0.39 is 11.9 Å². The summed E-state index contributed by atoms with van der Waals surface area (Å²) < 4.78 is 50.8. The van der Waals surface area contributed by atoms with E-state index in [1.54, 1.807) is 14.2 Å². The number of hydrazone groups is 1. The molecule has 8 heteroatoms. The molecular formula is C22H27F3N3O2+. The molecule has 0 bridgehead atoms. The minimum atomic E-state index is -4.42. The zero-order valence-electron chi connectivity index (χ0n) is 17.4. The molecule has 1 unspecified atom stereocenters. The van der Waals surface area contributed by atoms with Crippen molar-refractivity contribution in [1.29, 1.82) is 0 Å². The van der Waals surface area contributed by atoms with E-state index >= 15 is 0 Å². The average molecular weight is 422 g/mol. The van der Waals surface area contributed by atoms with E-state index in [4.69, 9.17) is 9.47 Å². The molecule has 0 amide bonds. The Hall–Kier alpha value is -2.35. The van der Waals surface area contributed by atoms with E-state index in [2.05, 4.69) is 29.2 Å². The highest BCUT2D eigenvalue weighted by Gasteiger charge is 2.51. The van der Waals surface area contributed by atoms with Crippen LogP contribution in [0.4, 0.5) is 13.2 Å². The summed E-state index contributed by atoms with van der Waals surface area (Å²) in [6, 6.07) is 6.47. The van der Waals surface area contributed by atoms with Gasteiger partial charge in [0.1, 0.15) is 0 Å². The van der Waals surface area contributed by atoms with Gasteiger partial charge < -0.3 is 14.4 Å². The van der Waals surface area contributed by atoms with Crippen molar-refractivity contribution in [2.75, 3.05) is 27.8 Å². The molecule has 0 aromatic heterocycles. The van der Waals surface area contributed by atoms with E-state index in [9.17, 15) is 13.2 Å². The smallest absolute Gasteiger partial charge is 0.439 e. The molecule has 5 nitrogen and oxygen atoms in total. The van der Waals surface area contributed by atoms with E-state index in [-0.39, 0.29) is 11.3 Å². The lowest BCUT2D eigenvalue weighted by molar-refractivity contribution is -0.456. The van der Waals surface area contributed by atoms with Gasteiger partial charge in [0, 0.05) is 28.6 Å². The molecule has 2 heterocycles. The minimum Gasteiger partial charge on any atom is -0.493 e. The van der Waals surface area contributed by atoms with Crippen LogP contribution in [0.25, 0.3) is 0 Å². The van der Waals surface area contributed by atoms with Crippen LogP contribution in [0, 0.1) is 5.92 Å². The molecule has 1 saturated carbocycles. The lowest BCUT2D eigenvalue weighted by atomic mass is 9.63. The monoisotopic (exact) mass is 422 g/mol. The van der Waals surface area contributed by atoms with Gasteiger partial charge in [-0.05, 0) is 57.0 Å². The largest absolute Gasteiger partial charge is 0.493 e. The Bertz CT molecular complexity index is 909. The van der Waals surface area contributed by atoms with Crippen LogP contribution < -0.4 is 9.47 Å². The van der Waals surface area contributed by atoms with Gasteiger partial charge in [-0.1, -0.05) is 10.8 Å². The van der Waals surface area contributed by atoms with Gasteiger partial charge in [-0.25, -0.2) is 0 Å². The molecule has 0 radical (unpaired) electrons. The van der Waals surface area contributed by atoms with Crippen molar-refractivity contribution in [3.63, 3.8) is 0 Å². The summed E-state index contributed by atoms with van der Waals surface area (Å²) in [6.45, 7) is 0.992. The second-order valence-corrected chi connectivity index (χ2v) is 8.33. The van der Waals surface area contributed by atoms with Gasteiger partial charge in [-0.15, -0.1) is 0 Å². The predicted molar refractivity (Wildman–Crippen MR) is 109 cm³/mol. The third-order valence-electron chi connectivity index (χ3n) is 6.79. The zero-order valence-corrected chi connectivity index (χ0v) is 17.4. The van der Waals surface area contributed by atoms with Crippen molar-refractivity contribution in [2.24, 2.45) is 11.0 Å². The number of alkyl halides is 3. The molecule has 1 aliphatic carbocycles. The number of likely N-dealkylation sites (N-methyl/N-ethyl adjacent to an activating group) is 1. The molecule has 1 saturated heterocycles. The second kappa shape index (κ2) is 7.72. The quantitative estimate of drug-likeness (QED) is 0.689. The highest BCUT2D eigenvalue weighted by Crippen LogP contribution is 2.50. The summed E-state index contributed by atoms with van der Waals surface area (Å²) in [5.74, 6) is 1.61. The Morgan fingerprint density at radius 1 is 1.20 bits per heavy atom. The first-order chi connectivity index (χ1) is 14.3. The summed E-state index contributed by atoms with van der Waals surface area (Å²) in [6.07, 6.45) is 3.63. The molecule has 2 fully saturated rings. The van der Waals surface area contributed by atoms with Crippen molar-refractivity contribution in [3.05, 3.63) is 36.0 Å². The van der Waals surface area contributed by atoms with Crippen LogP contribution in [0.15, 0.2) is 35.6 Å². The second-order valence-electron chi connectivity index (χ2n) is 8.33. The third kappa shape index (κ3) is 3.62. The molecule has 2 aliphatic heterocycles. The standard InChI is InChI=1S/C22H27F3N3O2/c1-27-11-9-21(16-4-5-17(29-2)18(13-16)30-3)8-6-15(12-20(21)27)14-28-10-7-19(26-28)22(23,24)25/h4-5,7,10,13-15,20H,6,8-9,11-12H2,1-3H3/q+1/b28-14+/t15?,20-,21-/m0/s1. The zero-order chi connectivity index (χ0) is 21.5. The van der Waals surface area contributed by atoms with Gasteiger partial charge in [0.2, 0.25) is 11.9 Å². The fourth-order valence-corrected chi connectivity index (χ4v) is 5.22. The van der Waals surface area contributed by atoms with Crippen molar-refractivity contribution >= 4 is 11.9 Å². The average Bonchev–Trinajstić information content (AvgIpc) is 3.33. The molecule has 30 heavy (non-hydrogen) atoms. The van der Waals surface area contributed by atoms with Crippen LogP contribution in [0.3, 0.4) is 0 Å². The van der Waals surface area contributed by atoms with E-state index in [1.165, 1.54) is 16.4 Å². The number of ether oxygens (including phenoxy) is 2. The fourth-order valence-electron chi connectivity index (χ4n) is 5.22. The lowest BCUT2D eigenvalue weighted by Gasteiger charge is -2.43. The molecule has 4 rings (SSSR count). The highest BCUT2D eigenvalue weighted by atomic mass is 19.4. The number of fused-ring (bicyclic) bond motifs is 1. The van der Waals surface area contributed by atoms with Gasteiger partial charge in [-0.2, -0.15) is 13.2 Å². The Morgan fingerprint density at radius 2 is 1.97 bits per heavy atom. The number of hydrogen-bond acceptors (Lipinski definition) is 4. The molecule has 3 aliphatic rings. The molecule has 1 aromatic rings. The molecule has 3 atom stereocenters. The van der Waals surface area contributed by atoms with Gasteiger partial charge in [0.15, 0.2) is 17.7 Å². The van der Waals surface area contributed by atoms with Crippen LogP contribution in [0.1, 0.15) is 31.2 Å². The Labute approximate surface area is 174 Å². The van der Waals surface area contributed by atoms with E-state index in [0.29, 0.717) is 11.8 Å². The Morgan fingerprint density at radius 3 is 2.63 bits per heavy atom. The normalized spacial score (nSPS) is 30.5. The van der Waals surface area contributed by atoms with Crippen LogP contribution in [-0.4, -0.2) is 61.5 Å². The van der Waals surface area contributed by atoms with Crippen LogP contribution >= 0.6 is 0 Å². The SMILES string of the molecule is COc1ccc([C@@]23CCC(/C=[N+]4\C=CC(C(F)(F)F)=N4)C[C@@H]2N(C)CC3)cc1OC. The van der Waals surface area contributed by atoms with Crippen molar-refractivity contribution in [1.82, 2.24) is 4.90 Å². The number of nitrogens with zero attached hydrogens (tertiary/aromatic N) is 3. The number of methoxy groups -OCH3 is 2. The molecule has 162 valence electrons. The van der Waals surface area contributed by atoms with Crippen LogP contribution in [-0.2, 0) is 5.41 Å². The van der Waals surface area contributed by atoms with Crippen molar-refractivity contribution in [2.45, 2.75) is 43.3 Å².